The first kappa shape index (κ1) is 15.5. The van der Waals surface area contributed by atoms with Gasteiger partial charge in [0.05, 0.1) is 6.10 Å². The van der Waals surface area contributed by atoms with Gasteiger partial charge in [0, 0.05) is 24.6 Å². The average Bonchev–Trinajstić information content (AvgIpc) is 2.28. The Morgan fingerprint density at radius 3 is 2.40 bits per heavy atom. The minimum atomic E-state index is -0.125. The van der Waals surface area contributed by atoms with Crippen molar-refractivity contribution < 1.29 is 5.11 Å². The summed E-state index contributed by atoms with van der Waals surface area (Å²) in [5, 5.41) is 9.91. The molecule has 0 amide bonds. The highest BCUT2D eigenvalue weighted by molar-refractivity contribution is 6.30. The van der Waals surface area contributed by atoms with Crippen molar-refractivity contribution in [2.45, 2.75) is 52.1 Å². The monoisotopic (exact) mass is 297 g/mol. The maximum Gasteiger partial charge on any atom is 0.137 e. The molecule has 1 saturated carbocycles. The van der Waals surface area contributed by atoms with Gasteiger partial charge in [-0.05, 0) is 25.7 Å². The van der Waals surface area contributed by atoms with E-state index >= 15 is 0 Å². The Kier molecular flexibility index (Phi) is 4.26. The van der Waals surface area contributed by atoms with Gasteiger partial charge in [0.15, 0.2) is 0 Å². The van der Waals surface area contributed by atoms with Gasteiger partial charge < -0.3 is 10.0 Å². The van der Waals surface area contributed by atoms with Gasteiger partial charge in [0.1, 0.15) is 16.8 Å². The van der Waals surface area contributed by atoms with Crippen LogP contribution in [0, 0.1) is 12.8 Å². The Labute approximate surface area is 126 Å². The van der Waals surface area contributed by atoms with Gasteiger partial charge in [-0.25, -0.2) is 9.97 Å². The van der Waals surface area contributed by atoms with Gasteiger partial charge in [-0.3, -0.25) is 0 Å². The summed E-state index contributed by atoms with van der Waals surface area (Å²) in [6.07, 6.45) is 1.65. The van der Waals surface area contributed by atoms with Crippen LogP contribution in [-0.4, -0.2) is 34.8 Å². The Morgan fingerprint density at radius 1 is 1.30 bits per heavy atom. The fourth-order valence-corrected chi connectivity index (χ4v) is 2.67. The van der Waals surface area contributed by atoms with Crippen molar-refractivity contribution in [3.05, 3.63) is 16.5 Å². The molecule has 1 aromatic heterocycles. The van der Waals surface area contributed by atoms with Crippen molar-refractivity contribution in [3.63, 3.8) is 0 Å². The second kappa shape index (κ2) is 5.49. The first-order valence-electron chi connectivity index (χ1n) is 7.12. The number of hydrogen-bond acceptors (Lipinski definition) is 4. The van der Waals surface area contributed by atoms with E-state index in [9.17, 15) is 5.11 Å². The van der Waals surface area contributed by atoms with E-state index in [1.54, 1.807) is 0 Å². The molecule has 0 atom stereocenters. The lowest BCUT2D eigenvalue weighted by Gasteiger charge is -2.35. The quantitative estimate of drug-likeness (QED) is 0.872. The van der Waals surface area contributed by atoms with E-state index in [-0.39, 0.29) is 11.5 Å². The average molecular weight is 298 g/mol. The van der Waals surface area contributed by atoms with E-state index < -0.39 is 0 Å². The molecule has 4 nitrogen and oxygen atoms in total. The maximum atomic E-state index is 9.39. The molecule has 112 valence electrons. The van der Waals surface area contributed by atoms with Gasteiger partial charge in [-0.1, -0.05) is 32.4 Å². The molecule has 1 aromatic rings. The van der Waals surface area contributed by atoms with Crippen LogP contribution >= 0.6 is 11.6 Å². The van der Waals surface area contributed by atoms with Crippen LogP contribution in [-0.2, 0) is 5.41 Å². The summed E-state index contributed by atoms with van der Waals surface area (Å²) in [5.41, 5.74) is 0.793. The highest BCUT2D eigenvalue weighted by Crippen LogP contribution is 2.31. The summed E-state index contributed by atoms with van der Waals surface area (Å²) in [7, 11) is 2.03. The third kappa shape index (κ3) is 3.23. The zero-order valence-electron chi connectivity index (χ0n) is 12.9. The molecule has 1 N–H and O–H groups in total. The van der Waals surface area contributed by atoms with Crippen LogP contribution in [0.3, 0.4) is 0 Å². The van der Waals surface area contributed by atoms with Gasteiger partial charge in [0.2, 0.25) is 0 Å². The van der Waals surface area contributed by atoms with E-state index in [0.29, 0.717) is 11.1 Å². The standard InChI is InChI=1S/C15H24ClN3O/c1-9-12(16)17-14(15(2,3)4)18-13(9)19(5)8-10-6-11(20)7-10/h10-11,20H,6-8H2,1-5H3. The Hall–Kier alpha value is -0.870. The normalized spacial score (nSPS) is 22.6. The number of halogens is 1. The van der Waals surface area contributed by atoms with Gasteiger partial charge in [-0.2, -0.15) is 0 Å². The first-order chi connectivity index (χ1) is 9.18. The number of aliphatic hydroxyl groups excluding tert-OH is 1. The van der Waals surface area contributed by atoms with Crippen molar-refractivity contribution >= 4 is 17.4 Å². The molecule has 20 heavy (non-hydrogen) atoms. The van der Waals surface area contributed by atoms with Crippen LogP contribution in [0.25, 0.3) is 0 Å². The van der Waals surface area contributed by atoms with Crippen molar-refractivity contribution in [1.29, 1.82) is 0 Å². The maximum absolute atomic E-state index is 9.39. The zero-order valence-corrected chi connectivity index (χ0v) is 13.7. The zero-order chi connectivity index (χ0) is 15.1. The summed E-state index contributed by atoms with van der Waals surface area (Å²) >= 11 is 6.26. The number of aliphatic hydroxyl groups is 1. The SMILES string of the molecule is Cc1c(Cl)nc(C(C)(C)C)nc1N(C)CC1CC(O)C1. The van der Waals surface area contributed by atoms with Crippen LogP contribution in [0.1, 0.15) is 45.0 Å². The fourth-order valence-electron chi connectivity index (χ4n) is 2.51. The van der Waals surface area contributed by atoms with E-state index in [2.05, 4.69) is 30.7 Å². The molecule has 0 unspecified atom stereocenters. The van der Waals surface area contributed by atoms with Crippen LogP contribution in [0.5, 0.6) is 0 Å². The number of aromatic nitrogens is 2. The Balaban J connectivity index is 2.23. The number of nitrogens with zero attached hydrogens (tertiary/aromatic N) is 3. The Bertz CT molecular complexity index is 493. The lowest BCUT2D eigenvalue weighted by atomic mass is 9.82. The molecule has 2 rings (SSSR count). The molecule has 0 bridgehead atoms. The highest BCUT2D eigenvalue weighted by Gasteiger charge is 2.29. The molecular weight excluding hydrogens is 274 g/mol. The largest absolute Gasteiger partial charge is 0.393 e. The molecule has 0 saturated heterocycles. The minimum absolute atomic E-state index is 0.117. The lowest BCUT2D eigenvalue weighted by molar-refractivity contribution is 0.0464. The van der Waals surface area contributed by atoms with E-state index in [1.165, 1.54) is 0 Å². The second-order valence-electron chi connectivity index (χ2n) is 6.91. The minimum Gasteiger partial charge on any atom is -0.393 e. The lowest BCUT2D eigenvalue weighted by Crippen LogP contribution is -2.38. The molecule has 1 aliphatic rings. The molecule has 5 heteroatoms. The van der Waals surface area contributed by atoms with Crippen molar-refractivity contribution in [3.8, 4) is 0 Å². The molecule has 0 radical (unpaired) electrons. The van der Waals surface area contributed by atoms with Gasteiger partial charge >= 0.3 is 0 Å². The van der Waals surface area contributed by atoms with Crippen molar-refractivity contribution in [1.82, 2.24) is 9.97 Å². The topological polar surface area (TPSA) is 49.2 Å². The van der Waals surface area contributed by atoms with Gasteiger partial charge in [0.25, 0.3) is 0 Å². The summed E-state index contributed by atoms with van der Waals surface area (Å²) in [5.74, 6) is 2.21. The fraction of sp³-hybridized carbons (Fsp3) is 0.733. The smallest absolute Gasteiger partial charge is 0.137 e. The highest BCUT2D eigenvalue weighted by atomic mass is 35.5. The second-order valence-corrected chi connectivity index (χ2v) is 7.27. The summed E-state index contributed by atoms with van der Waals surface area (Å²) in [6, 6.07) is 0. The van der Waals surface area contributed by atoms with Crippen LogP contribution < -0.4 is 4.90 Å². The van der Waals surface area contributed by atoms with Gasteiger partial charge in [-0.15, -0.1) is 0 Å². The number of hydrogen-bond donors (Lipinski definition) is 1. The third-order valence-corrected chi connectivity index (χ3v) is 4.20. The van der Waals surface area contributed by atoms with Crippen molar-refractivity contribution in [2.24, 2.45) is 5.92 Å². The first-order valence-corrected chi connectivity index (χ1v) is 7.50. The predicted octanol–water partition coefficient (Wildman–Crippen LogP) is 2.94. The molecule has 0 spiro atoms. The summed E-state index contributed by atoms with van der Waals surface area (Å²) in [6.45, 7) is 9.10. The molecule has 1 aliphatic carbocycles. The van der Waals surface area contributed by atoms with Crippen molar-refractivity contribution in [2.75, 3.05) is 18.5 Å². The van der Waals surface area contributed by atoms with Crippen LogP contribution in [0.2, 0.25) is 5.15 Å². The molecule has 0 aliphatic heterocycles. The van der Waals surface area contributed by atoms with E-state index in [1.807, 2.05) is 14.0 Å². The Morgan fingerprint density at radius 2 is 1.90 bits per heavy atom. The summed E-state index contributed by atoms with van der Waals surface area (Å²) in [4.78, 5) is 11.2. The summed E-state index contributed by atoms with van der Waals surface area (Å²) < 4.78 is 0. The number of anilines is 1. The van der Waals surface area contributed by atoms with E-state index in [0.717, 1.165) is 36.6 Å². The third-order valence-electron chi connectivity index (χ3n) is 3.84. The molecule has 1 heterocycles. The molecule has 0 aromatic carbocycles. The molecular formula is C15H24ClN3O. The number of rotatable bonds is 3. The van der Waals surface area contributed by atoms with Crippen LogP contribution in [0.15, 0.2) is 0 Å². The van der Waals surface area contributed by atoms with Crippen LogP contribution in [0.4, 0.5) is 5.82 Å². The molecule has 1 fully saturated rings. The van der Waals surface area contributed by atoms with E-state index in [4.69, 9.17) is 16.6 Å². The predicted molar refractivity (Wildman–Crippen MR) is 82.5 cm³/mol.